The van der Waals surface area contributed by atoms with Gasteiger partial charge in [0.1, 0.15) is 12.6 Å². The van der Waals surface area contributed by atoms with Crippen LogP contribution in [0.15, 0.2) is 71.6 Å². The molecule has 4 rings (SSSR count). The highest BCUT2D eigenvalue weighted by atomic mass is 32.2. The lowest BCUT2D eigenvalue weighted by atomic mass is 10.1. The van der Waals surface area contributed by atoms with Crippen molar-refractivity contribution in [3.63, 3.8) is 0 Å². The van der Waals surface area contributed by atoms with Gasteiger partial charge in [0, 0.05) is 12.6 Å². The summed E-state index contributed by atoms with van der Waals surface area (Å²) in [6.07, 6.45) is 4.43. The molecule has 224 valence electrons. The van der Waals surface area contributed by atoms with E-state index in [0.717, 1.165) is 53.5 Å². The van der Waals surface area contributed by atoms with E-state index in [1.165, 1.54) is 4.31 Å². The van der Waals surface area contributed by atoms with Gasteiger partial charge in [0.05, 0.1) is 10.6 Å². The first-order valence-corrected chi connectivity index (χ1v) is 16.3. The van der Waals surface area contributed by atoms with E-state index in [1.807, 2.05) is 65.0 Å². The maximum absolute atomic E-state index is 14.3. The average Bonchev–Trinajstić information content (AvgIpc) is 3.47. The van der Waals surface area contributed by atoms with Crippen molar-refractivity contribution in [1.82, 2.24) is 10.2 Å². The van der Waals surface area contributed by atoms with Gasteiger partial charge in [-0.2, -0.15) is 0 Å². The third kappa shape index (κ3) is 7.21. The van der Waals surface area contributed by atoms with Crippen LogP contribution in [0.1, 0.15) is 66.8 Å². The summed E-state index contributed by atoms with van der Waals surface area (Å²) < 4.78 is 29.4. The molecule has 8 heteroatoms. The number of hydrogen-bond donors (Lipinski definition) is 1. The molecule has 0 aromatic heterocycles. The maximum Gasteiger partial charge on any atom is 0.264 e. The Hall–Kier alpha value is -3.65. The van der Waals surface area contributed by atoms with Crippen LogP contribution >= 0.6 is 0 Å². The van der Waals surface area contributed by atoms with Crippen LogP contribution < -0.4 is 9.62 Å². The molecule has 1 fully saturated rings. The molecule has 1 atom stereocenters. The van der Waals surface area contributed by atoms with Gasteiger partial charge in [-0.3, -0.25) is 13.9 Å². The molecule has 42 heavy (non-hydrogen) atoms. The van der Waals surface area contributed by atoms with Gasteiger partial charge in [0.15, 0.2) is 0 Å². The molecule has 0 aliphatic heterocycles. The minimum absolute atomic E-state index is 0.107. The molecule has 0 saturated heterocycles. The molecule has 0 bridgehead atoms. The van der Waals surface area contributed by atoms with Gasteiger partial charge in [-0.05, 0) is 93.5 Å². The summed E-state index contributed by atoms with van der Waals surface area (Å²) >= 11 is 0. The molecule has 7 nitrogen and oxygen atoms in total. The molecule has 1 aliphatic rings. The highest BCUT2D eigenvalue weighted by molar-refractivity contribution is 7.92. The average molecular weight is 590 g/mol. The number of aryl methyl sites for hydroxylation is 4. The molecular formula is C34H43N3O4S. The molecule has 0 heterocycles. The SMILES string of the molecule is CC[C@H](C(=O)NC1CCCC1)N(Cc1ccccc1C)C(=O)CN(c1ccc(C)c(C)c1)S(=O)(=O)c1ccc(C)cc1. The number of carbonyl (C=O) groups is 2. The summed E-state index contributed by atoms with van der Waals surface area (Å²) in [6, 6.07) is 19.2. The number of sulfonamides is 1. The summed E-state index contributed by atoms with van der Waals surface area (Å²) in [7, 11) is -4.10. The third-order valence-electron chi connectivity index (χ3n) is 8.36. The van der Waals surface area contributed by atoms with Gasteiger partial charge >= 0.3 is 0 Å². The molecule has 1 N–H and O–H groups in total. The zero-order valence-corrected chi connectivity index (χ0v) is 26.2. The molecule has 3 aromatic rings. The second-order valence-corrected chi connectivity index (χ2v) is 13.3. The van der Waals surface area contributed by atoms with Gasteiger partial charge in [-0.15, -0.1) is 0 Å². The minimum atomic E-state index is -4.10. The number of anilines is 1. The Balaban J connectivity index is 1.74. The van der Waals surface area contributed by atoms with Crippen LogP contribution in [0, 0.1) is 27.7 Å². The Morgan fingerprint density at radius 2 is 1.55 bits per heavy atom. The molecule has 2 amide bonds. The van der Waals surface area contributed by atoms with Crippen LogP contribution in [0.4, 0.5) is 5.69 Å². The quantitative estimate of drug-likeness (QED) is 0.298. The van der Waals surface area contributed by atoms with E-state index >= 15 is 0 Å². The highest BCUT2D eigenvalue weighted by Crippen LogP contribution is 2.27. The fourth-order valence-electron chi connectivity index (χ4n) is 5.50. The van der Waals surface area contributed by atoms with Crippen LogP contribution in [0.25, 0.3) is 0 Å². The number of benzene rings is 3. The summed E-state index contributed by atoms with van der Waals surface area (Å²) in [6.45, 7) is 9.41. The molecule has 1 saturated carbocycles. The smallest absolute Gasteiger partial charge is 0.264 e. The van der Waals surface area contributed by atoms with Gasteiger partial charge in [-0.1, -0.05) is 67.8 Å². The summed E-state index contributed by atoms with van der Waals surface area (Å²) in [5.41, 5.74) is 5.20. The fraction of sp³-hybridized carbons (Fsp3) is 0.412. The predicted molar refractivity (Wildman–Crippen MR) is 168 cm³/mol. The predicted octanol–water partition coefficient (Wildman–Crippen LogP) is 5.98. The van der Waals surface area contributed by atoms with Crippen LogP contribution in [0.2, 0.25) is 0 Å². The van der Waals surface area contributed by atoms with Crippen LogP contribution in [0.5, 0.6) is 0 Å². The Morgan fingerprint density at radius 3 is 2.17 bits per heavy atom. The minimum Gasteiger partial charge on any atom is -0.352 e. The molecule has 3 aromatic carbocycles. The molecule has 0 unspecified atom stereocenters. The van der Waals surface area contributed by atoms with Crippen molar-refractivity contribution < 1.29 is 18.0 Å². The van der Waals surface area contributed by atoms with Crippen molar-refractivity contribution in [2.24, 2.45) is 0 Å². The van der Waals surface area contributed by atoms with Crippen molar-refractivity contribution in [2.75, 3.05) is 10.8 Å². The Morgan fingerprint density at radius 1 is 0.881 bits per heavy atom. The van der Waals surface area contributed by atoms with Crippen molar-refractivity contribution >= 4 is 27.5 Å². The number of carbonyl (C=O) groups excluding carboxylic acids is 2. The van der Waals surface area contributed by atoms with E-state index in [0.29, 0.717) is 12.1 Å². The summed E-state index contributed by atoms with van der Waals surface area (Å²) in [5.74, 6) is -0.619. The first-order chi connectivity index (χ1) is 20.0. The van der Waals surface area contributed by atoms with E-state index in [2.05, 4.69) is 5.32 Å². The van der Waals surface area contributed by atoms with E-state index in [-0.39, 0.29) is 23.4 Å². The summed E-state index contributed by atoms with van der Waals surface area (Å²) in [5, 5.41) is 3.16. The zero-order chi connectivity index (χ0) is 30.4. The van der Waals surface area contributed by atoms with E-state index in [4.69, 9.17) is 0 Å². The van der Waals surface area contributed by atoms with E-state index < -0.39 is 28.5 Å². The lowest BCUT2D eigenvalue weighted by molar-refractivity contribution is -0.140. The van der Waals surface area contributed by atoms with Crippen LogP contribution in [-0.2, 0) is 26.2 Å². The second kappa shape index (κ2) is 13.6. The number of nitrogens with zero attached hydrogens (tertiary/aromatic N) is 2. The topological polar surface area (TPSA) is 86.8 Å². The Labute approximate surface area is 251 Å². The van der Waals surface area contributed by atoms with Crippen molar-refractivity contribution in [3.05, 3.63) is 94.5 Å². The van der Waals surface area contributed by atoms with Gasteiger partial charge in [-0.25, -0.2) is 8.42 Å². The van der Waals surface area contributed by atoms with Crippen LogP contribution in [-0.4, -0.2) is 43.8 Å². The molecule has 1 aliphatic carbocycles. The number of hydrogen-bond acceptors (Lipinski definition) is 4. The van der Waals surface area contributed by atoms with Crippen molar-refractivity contribution in [1.29, 1.82) is 0 Å². The Bertz CT molecular complexity index is 1510. The van der Waals surface area contributed by atoms with Gasteiger partial charge in [0.25, 0.3) is 10.0 Å². The standard InChI is InChI=1S/C34H43N3O4S/c1-6-32(34(39)35-29-13-9-10-14-29)36(22-28-12-8-7-11-26(28)4)33(38)23-37(30-18-17-25(3)27(5)21-30)42(40,41)31-19-15-24(2)16-20-31/h7-8,11-12,15-21,29,32H,6,9-10,13-14,22-23H2,1-5H3,(H,35,39)/t32-/m1/s1. The normalized spacial score (nSPS) is 14.4. The lowest BCUT2D eigenvalue weighted by Crippen LogP contribution is -2.53. The first-order valence-electron chi connectivity index (χ1n) is 14.8. The van der Waals surface area contributed by atoms with Crippen LogP contribution in [0.3, 0.4) is 0 Å². The number of amides is 2. The number of nitrogens with one attached hydrogen (secondary N) is 1. The first kappa shape index (κ1) is 31.3. The fourth-order valence-corrected chi connectivity index (χ4v) is 6.91. The Kier molecular flexibility index (Phi) is 10.1. The molecule has 0 spiro atoms. The maximum atomic E-state index is 14.3. The third-order valence-corrected chi connectivity index (χ3v) is 10.1. The van der Waals surface area contributed by atoms with E-state index in [9.17, 15) is 18.0 Å². The van der Waals surface area contributed by atoms with Gasteiger partial charge in [0.2, 0.25) is 11.8 Å². The largest absolute Gasteiger partial charge is 0.352 e. The second-order valence-electron chi connectivity index (χ2n) is 11.5. The molecular weight excluding hydrogens is 546 g/mol. The molecule has 0 radical (unpaired) electrons. The van der Waals surface area contributed by atoms with E-state index in [1.54, 1.807) is 41.3 Å². The zero-order valence-electron chi connectivity index (χ0n) is 25.4. The highest BCUT2D eigenvalue weighted by Gasteiger charge is 2.34. The van der Waals surface area contributed by atoms with Gasteiger partial charge < -0.3 is 10.2 Å². The number of rotatable bonds is 11. The summed E-state index contributed by atoms with van der Waals surface area (Å²) in [4.78, 5) is 29.6. The van der Waals surface area contributed by atoms with Crippen molar-refractivity contribution in [3.8, 4) is 0 Å². The monoisotopic (exact) mass is 589 g/mol. The lowest BCUT2D eigenvalue weighted by Gasteiger charge is -2.34. The van der Waals surface area contributed by atoms with Crippen molar-refractivity contribution in [2.45, 2.75) is 90.2 Å².